The minimum Gasteiger partial charge on any atom is -0.381 e. The molecule has 0 radical (unpaired) electrons. The Bertz CT molecular complexity index is 664. The topological polar surface area (TPSA) is 87.3 Å². The Kier molecular flexibility index (Phi) is 6.57. The van der Waals surface area contributed by atoms with E-state index in [9.17, 15) is 4.79 Å². The quantitative estimate of drug-likeness (QED) is 0.584. The van der Waals surface area contributed by atoms with Crippen molar-refractivity contribution in [3.63, 3.8) is 0 Å². The van der Waals surface area contributed by atoms with Gasteiger partial charge in [0, 0.05) is 50.7 Å². The van der Waals surface area contributed by atoms with Gasteiger partial charge in [-0.05, 0) is 62.1 Å². The van der Waals surface area contributed by atoms with E-state index in [1.807, 2.05) is 19.4 Å². The highest BCUT2D eigenvalue weighted by atomic mass is 16.5. The monoisotopic (exact) mass is 387 g/mol. The summed E-state index contributed by atoms with van der Waals surface area (Å²) in [6.45, 7) is 3.23. The van der Waals surface area contributed by atoms with Crippen molar-refractivity contribution in [2.24, 2.45) is 11.8 Å². The number of aromatic nitrogens is 1. The van der Waals surface area contributed by atoms with Gasteiger partial charge in [-0.2, -0.15) is 0 Å². The average molecular weight is 388 g/mol. The molecular weight excluding hydrogens is 354 g/mol. The van der Waals surface area contributed by atoms with Crippen LogP contribution in [0.3, 0.4) is 0 Å². The van der Waals surface area contributed by atoms with E-state index in [2.05, 4.69) is 32.5 Å². The fourth-order valence-electron chi connectivity index (χ4n) is 4.96. The molecule has 28 heavy (non-hydrogen) atoms. The molecule has 3 aliphatic rings. The minimum absolute atomic E-state index is 0.134. The van der Waals surface area contributed by atoms with E-state index in [1.54, 1.807) is 0 Å². The van der Waals surface area contributed by atoms with Crippen LogP contribution in [0.1, 0.15) is 49.1 Å². The van der Waals surface area contributed by atoms with Crippen molar-refractivity contribution in [3.05, 3.63) is 29.6 Å². The van der Waals surface area contributed by atoms with E-state index in [0.717, 1.165) is 58.4 Å². The largest absolute Gasteiger partial charge is 0.381 e. The number of amides is 1. The van der Waals surface area contributed by atoms with E-state index in [0.29, 0.717) is 23.8 Å². The maximum absolute atomic E-state index is 12.9. The molecule has 1 aliphatic carbocycles. The van der Waals surface area contributed by atoms with Crippen molar-refractivity contribution in [2.45, 2.75) is 56.7 Å². The maximum atomic E-state index is 12.9. The van der Waals surface area contributed by atoms with Gasteiger partial charge in [-0.15, -0.1) is 0 Å². The Morgan fingerprint density at radius 2 is 2.07 bits per heavy atom. The number of carbonyl (C=O) groups excluding carboxylic acids is 1. The van der Waals surface area contributed by atoms with Gasteiger partial charge in [0.1, 0.15) is 6.04 Å². The number of pyridine rings is 1. The van der Waals surface area contributed by atoms with E-state index in [-0.39, 0.29) is 11.9 Å². The second kappa shape index (κ2) is 9.31. The average Bonchev–Trinajstić information content (AvgIpc) is 3.16. The second-order valence-corrected chi connectivity index (χ2v) is 8.50. The number of nitrogens with one attached hydrogen (secondary N) is 4. The first-order chi connectivity index (χ1) is 13.7. The molecule has 0 aromatic carbocycles. The third-order valence-corrected chi connectivity index (χ3v) is 6.61. The maximum Gasteiger partial charge on any atom is 0.238 e. The highest BCUT2D eigenvalue weighted by Crippen LogP contribution is 2.39. The molecule has 1 aromatic rings. The third-order valence-electron chi connectivity index (χ3n) is 6.61. The molecule has 4 unspecified atom stereocenters. The Labute approximate surface area is 167 Å². The van der Waals surface area contributed by atoms with Gasteiger partial charge in [0.15, 0.2) is 0 Å². The number of hydrogen-bond acceptors (Lipinski definition) is 6. The predicted octanol–water partition coefficient (Wildman–Crippen LogP) is 1.07. The van der Waals surface area contributed by atoms with Crippen LogP contribution in [0, 0.1) is 11.8 Å². The van der Waals surface area contributed by atoms with Crippen LogP contribution < -0.4 is 21.5 Å². The van der Waals surface area contributed by atoms with Crippen LogP contribution in [0.25, 0.3) is 0 Å². The summed E-state index contributed by atoms with van der Waals surface area (Å²) in [6, 6.07) is 2.49. The van der Waals surface area contributed by atoms with Crippen LogP contribution in [0.4, 0.5) is 0 Å². The van der Waals surface area contributed by atoms with Crippen LogP contribution in [0.5, 0.6) is 0 Å². The highest BCUT2D eigenvalue weighted by Gasteiger charge is 2.43. The molecule has 7 heteroatoms. The van der Waals surface area contributed by atoms with Crippen molar-refractivity contribution < 1.29 is 9.53 Å². The lowest BCUT2D eigenvalue weighted by Gasteiger charge is -2.33. The van der Waals surface area contributed by atoms with Gasteiger partial charge < -0.3 is 15.4 Å². The summed E-state index contributed by atoms with van der Waals surface area (Å²) in [7, 11) is 1.96. The summed E-state index contributed by atoms with van der Waals surface area (Å²) in [5, 5.41) is 6.38. The molecular formula is C21H33N5O2. The molecule has 154 valence electrons. The van der Waals surface area contributed by atoms with Gasteiger partial charge in [-0.25, -0.2) is 5.43 Å². The first-order valence-corrected chi connectivity index (χ1v) is 10.7. The SMILES string of the molecule is CNCc1cncc(C2CCC3NNC(C(=O)NCC4CCOCC4)C3C2)c1. The van der Waals surface area contributed by atoms with E-state index >= 15 is 0 Å². The van der Waals surface area contributed by atoms with Gasteiger partial charge in [-0.3, -0.25) is 15.2 Å². The molecule has 0 spiro atoms. The molecule has 3 fully saturated rings. The van der Waals surface area contributed by atoms with Crippen LogP contribution in [-0.4, -0.2) is 49.8 Å². The number of hydrogen-bond donors (Lipinski definition) is 4. The summed E-state index contributed by atoms with van der Waals surface area (Å²) in [5.74, 6) is 1.47. The first-order valence-electron chi connectivity index (χ1n) is 10.7. The molecule has 2 saturated heterocycles. The summed E-state index contributed by atoms with van der Waals surface area (Å²) in [6.07, 6.45) is 9.25. The molecule has 4 N–H and O–H groups in total. The lowest BCUT2D eigenvalue weighted by molar-refractivity contribution is -0.124. The van der Waals surface area contributed by atoms with Crippen molar-refractivity contribution in [3.8, 4) is 0 Å². The van der Waals surface area contributed by atoms with Crippen LogP contribution >= 0.6 is 0 Å². The van der Waals surface area contributed by atoms with Crippen LogP contribution in [-0.2, 0) is 16.1 Å². The van der Waals surface area contributed by atoms with Crippen molar-refractivity contribution in [1.82, 2.24) is 26.5 Å². The van der Waals surface area contributed by atoms with Gasteiger partial charge in [0.05, 0.1) is 0 Å². The fraction of sp³-hybridized carbons (Fsp3) is 0.714. The zero-order valence-corrected chi connectivity index (χ0v) is 16.7. The lowest BCUT2D eigenvalue weighted by Crippen LogP contribution is -2.47. The van der Waals surface area contributed by atoms with Gasteiger partial charge in [0.25, 0.3) is 0 Å². The molecule has 3 heterocycles. The fourth-order valence-corrected chi connectivity index (χ4v) is 4.96. The van der Waals surface area contributed by atoms with Crippen LogP contribution in [0.15, 0.2) is 18.5 Å². The molecule has 4 atom stereocenters. The van der Waals surface area contributed by atoms with E-state index in [1.165, 1.54) is 11.1 Å². The second-order valence-electron chi connectivity index (χ2n) is 8.50. The standard InChI is InChI=1S/C21H33N5O2/c1-22-10-15-8-17(13-23-11-15)16-2-3-19-18(9-16)20(26-25-19)21(27)24-12-14-4-6-28-7-5-14/h8,11,13-14,16,18-20,22,25-26H,2-7,9-10,12H2,1H3,(H,24,27). The predicted molar refractivity (Wildman–Crippen MR) is 107 cm³/mol. The zero-order valence-electron chi connectivity index (χ0n) is 16.7. The van der Waals surface area contributed by atoms with Crippen molar-refractivity contribution >= 4 is 5.91 Å². The normalized spacial score (nSPS) is 30.8. The van der Waals surface area contributed by atoms with E-state index < -0.39 is 0 Å². The Balaban J connectivity index is 1.36. The molecule has 2 aliphatic heterocycles. The summed E-state index contributed by atoms with van der Waals surface area (Å²) >= 11 is 0. The Morgan fingerprint density at radius 3 is 2.89 bits per heavy atom. The molecule has 0 bridgehead atoms. The number of nitrogens with zero attached hydrogens (tertiary/aromatic N) is 1. The number of ether oxygens (including phenoxy) is 1. The van der Waals surface area contributed by atoms with Crippen molar-refractivity contribution in [1.29, 1.82) is 0 Å². The molecule has 1 saturated carbocycles. The van der Waals surface area contributed by atoms with Gasteiger partial charge in [0.2, 0.25) is 5.91 Å². The number of fused-ring (bicyclic) bond motifs is 1. The highest BCUT2D eigenvalue weighted by molar-refractivity contribution is 5.82. The molecule has 1 amide bonds. The summed E-state index contributed by atoms with van der Waals surface area (Å²) in [5.41, 5.74) is 9.18. The number of hydrazine groups is 1. The zero-order chi connectivity index (χ0) is 19.3. The Morgan fingerprint density at radius 1 is 1.21 bits per heavy atom. The third kappa shape index (κ3) is 4.54. The summed E-state index contributed by atoms with van der Waals surface area (Å²) in [4.78, 5) is 17.3. The lowest BCUT2D eigenvalue weighted by atomic mass is 9.73. The molecule has 7 nitrogen and oxygen atoms in total. The van der Waals surface area contributed by atoms with Gasteiger partial charge >= 0.3 is 0 Å². The number of carbonyl (C=O) groups is 1. The Hall–Kier alpha value is -1.54. The smallest absolute Gasteiger partial charge is 0.238 e. The van der Waals surface area contributed by atoms with Crippen molar-refractivity contribution in [2.75, 3.05) is 26.8 Å². The molecule has 1 aromatic heterocycles. The van der Waals surface area contributed by atoms with E-state index in [4.69, 9.17) is 4.74 Å². The summed E-state index contributed by atoms with van der Waals surface area (Å²) < 4.78 is 5.41. The molecule has 4 rings (SSSR count). The first kappa shape index (κ1) is 19.8. The minimum atomic E-state index is -0.152. The van der Waals surface area contributed by atoms with Gasteiger partial charge in [-0.1, -0.05) is 6.07 Å². The number of rotatable bonds is 6. The van der Waals surface area contributed by atoms with Crippen LogP contribution in [0.2, 0.25) is 0 Å².